The predicted octanol–water partition coefficient (Wildman–Crippen LogP) is -0.603. The van der Waals surface area contributed by atoms with E-state index in [9.17, 15) is 9.59 Å². The maximum Gasteiger partial charge on any atom is 0.404 e. The third-order valence-electron chi connectivity index (χ3n) is 1.10. The molecule has 0 aromatic heterocycles. The molecule has 0 spiro atoms. The Hall–Kier alpha value is -1.26. The average molecular weight is 145 g/mol. The molecule has 10 heavy (non-hydrogen) atoms. The Morgan fingerprint density at radius 3 is 2.90 bits per heavy atom. The Morgan fingerprint density at radius 1 is 1.90 bits per heavy atom. The summed E-state index contributed by atoms with van der Waals surface area (Å²) in [6.45, 7) is 0.0705. The van der Waals surface area contributed by atoms with Crippen LogP contribution in [0.15, 0.2) is 0 Å². The fourth-order valence-electron chi connectivity index (χ4n) is 0.630. The molecule has 0 aromatic carbocycles. The number of esters is 1. The van der Waals surface area contributed by atoms with Gasteiger partial charge in [0.1, 0.15) is 12.7 Å². The summed E-state index contributed by atoms with van der Waals surface area (Å²) in [7, 11) is 0. The summed E-state index contributed by atoms with van der Waals surface area (Å²) < 4.78 is 8.87. The summed E-state index contributed by atoms with van der Waals surface area (Å²) in [4.78, 5) is 20.1. The van der Waals surface area contributed by atoms with Crippen molar-refractivity contribution < 1.29 is 19.1 Å². The molecular formula is C5H7NO4. The van der Waals surface area contributed by atoms with Gasteiger partial charge in [-0.25, -0.2) is 4.79 Å². The Bertz CT molecular complexity index is 159. The minimum atomic E-state index is -0.844. The maximum atomic E-state index is 10.2. The maximum absolute atomic E-state index is 10.2. The molecule has 2 N–H and O–H groups in total. The zero-order valence-electron chi connectivity index (χ0n) is 5.20. The van der Waals surface area contributed by atoms with Gasteiger partial charge in [0.2, 0.25) is 0 Å². The SMILES string of the molecule is NC(=O)OCC1CC(=O)O1. The van der Waals surface area contributed by atoms with Crippen LogP contribution in [0.2, 0.25) is 0 Å². The molecule has 5 nitrogen and oxygen atoms in total. The van der Waals surface area contributed by atoms with Crippen molar-refractivity contribution in [2.24, 2.45) is 5.73 Å². The van der Waals surface area contributed by atoms with Gasteiger partial charge in [-0.05, 0) is 0 Å². The van der Waals surface area contributed by atoms with Crippen molar-refractivity contribution in [2.75, 3.05) is 6.61 Å². The minimum Gasteiger partial charge on any atom is -0.458 e. The molecule has 1 amide bonds. The van der Waals surface area contributed by atoms with Gasteiger partial charge < -0.3 is 15.2 Å². The largest absolute Gasteiger partial charge is 0.458 e. The number of nitrogens with two attached hydrogens (primary N) is 1. The van der Waals surface area contributed by atoms with Crippen LogP contribution in [0.4, 0.5) is 4.79 Å². The molecule has 1 heterocycles. The van der Waals surface area contributed by atoms with Gasteiger partial charge >= 0.3 is 12.1 Å². The summed E-state index contributed by atoms with van der Waals surface area (Å²) in [6.07, 6.45) is -0.809. The third kappa shape index (κ3) is 1.61. The fourth-order valence-corrected chi connectivity index (χ4v) is 0.630. The third-order valence-corrected chi connectivity index (χ3v) is 1.10. The topological polar surface area (TPSA) is 78.6 Å². The number of ether oxygens (including phenoxy) is 2. The zero-order chi connectivity index (χ0) is 7.56. The predicted molar refractivity (Wildman–Crippen MR) is 30.0 cm³/mol. The first-order chi connectivity index (χ1) is 4.68. The van der Waals surface area contributed by atoms with E-state index in [-0.39, 0.29) is 18.7 Å². The normalized spacial score (nSPS) is 22.8. The summed E-state index contributed by atoms with van der Waals surface area (Å²) in [5.41, 5.74) is 4.65. The van der Waals surface area contributed by atoms with Crippen LogP contribution in [-0.4, -0.2) is 24.8 Å². The van der Waals surface area contributed by atoms with Gasteiger partial charge in [0.25, 0.3) is 0 Å². The lowest BCUT2D eigenvalue weighted by molar-refractivity contribution is -0.172. The van der Waals surface area contributed by atoms with Gasteiger partial charge in [0.05, 0.1) is 6.42 Å². The fraction of sp³-hybridized carbons (Fsp3) is 0.600. The number of hydrogen-bond donors (Lipinski definition) is 1. The monoisotopic (exact) mass is 145 g/mol. The van der Waals surface area contributed by atoms with Crippen LogP contribution in [-0.2, 0) is 14.3 Å². The van der Waals surface area contributed by atoms with E-state index in [4.69, 9.17) is 0 Å². The molecule has 1 unspecified atom stereocenters. The molecule has 0 radical (unpaired) electrons. The van der Waals surface area contributed by atoms with E-state index >= 15 is 0 Å². The molecule has 1 aliphatic rings. The average Bonchev–Trinajstić information content (AvgIpc) is 1.77. The highest BCUT2D eigenvalue weighted by molar-refractivity contribution is 5.75. The standard InChI is InChI=1S/C5H7NO4/c6-5(8)9-2-3-1-4(7)10-3/h3H,1-2H2,(H2,6,8). The van der Waals surface area contributed by atoms with E-state index in [2.05, 4.69) is 15.2 Å². The molecule has 1 rings (SSSR count). The zero-order valence-corrected chi connectivity index (χ0v) is 5.20. The van der Waals surface area contributed by atoms with Crippen LogP contribution in [0.3, 0.4) is 0 Å². The van der Waals surface area contributed by atoms with E-state index in [1.54, 1.807) is 0 Å². The lowest BCUT2D eigenvalue weighted by Gasteiger charge is -2.24. The second-order valence-corrected chi connectivity index (χ2v) is 1.95. The van der Waals surface area contributed by atoms with Gasteiger partial charge in [-0.15, -0.1) is 0 Å². The molecule has 0 saturated carbocycles. The molecule has 0 aromatic rings. The first-order valence-corrected chi connectivity index (χ1v) is 2.80. The van der Waals surface area contributed by atoms with E-state index < -0.39 is 6.09 Å². The molecule has 56 valence electrons. The molecule has 0 aliphatic carbocycles. The lowest BCUT2D eigenvalue weighted by atomic mass is 10.2. The van der Waals surface area contributed by atoms with Crippen molar-refractivity contribution in [1.82, 2.24) is 0 Å². The van der Waals surface area contributed by atoms with Crippen molar-refractivity contribution in [3.8, 4) is 0 Å². The van der Waals surface area contributed by atoms with Gasteiger partial charge in [-0.3, -0.25) is 4.79 Å². The van der Waals surface area contributed by atoms with Crippen LogP contribution in [0.5, 0.6) is 0 Å². The number of carbonyl (C=O) groups excluding carboxylic acids is 2. The van der Waals surface area contributed by atoms with E-state index in [1.807, 2.05) is 0 Å². The highest BCUT2D eigenvalue weighted by Crippen LogP contribution is 2.12. The highest BCUT2D eigenvalue weighted by atomic mass is 16.6. The molecular weight excluding hydrogens is 138 g/mol. The first kappa shape index (κ1) is 6.85. The lowest BCUT2D eigenvalue weighted by Crippen LogP contribution is -2.37. The van der Waals surface area contributed by atoms with Gasteiger partial charge in [-0.1, -0.05) is 0 Å². The highest BCUT2D eigenvalue weighted by Gasteiger charge is 2.29. The first-order valence-electron chi connectivity index (χ1n) is 2.80. The number of primary amides is 1. The van der Waals surface area contributed by atoms with Crippen molar-refractivity contribution in [1.29, 1.82) is 0 Å². The van der Waals surface area contributed by atoms with Crippen LogP contribution in [0.1, 0.15) is 6.42 Å². The summed E-state index contributed by atoms with van der Waals surface area (Å²) >= 11 is 0. The number of hydrogen-bond acceptors (Lipinski definition) is 4. The van der Waals surface area contributed by atoms with E-state index in [1.165, 1.54) is 0 Å². The van der Waals surface area contributed by atoms with Gasteiger partial charge in [0, 0.05) is 0 Å². The summed E-state index contributed by atoms with van der Waals surface area (Å²) in [5, 5.41) is 0. The Kier molecular flexibility index (Phi) is 1.75. The van der Waals surface area contributed by atoms with Gasteiger partial charge in [0.15, 0.2) is 0 Å². The number of cyclic esters (lactones) is 1. The van der Waals surface area contributed by atoms with Crippen LogP contribution in [0.25, 0.3) is 0 Å². The quantitative estimate of drug-likeness (QED) is 0.526. The number of amides is 1. The van der Waals surface area contributed by atoms with Crippen LogP contribution >= 0.6 is 0 Å². The molecule has 1 aliphatic heterocycles. The molecule has 1 fully saturated rings. The molecule has 1 atom stereocenters. The number of rotatable bonds is 2. The van der Waals surface area contributed by atoms with Gasteiger partial charge in [-0.2, -0.15) is 0 Å². The van der Waals surface area contributed by atoms with Crippen molar-refractivity contribution in [2.45, 2.75) is 12.5 Å². The Balaban J connectivity index is 2.05. The number of carbonyl (C=O) groups is 2. The van der Waals surface area contributed by atoms with E-state index in [0.29, 0.717) is 6.42 Å². The molecule has 0 bridgehead atoms. The molecule has 5 heteroatoms. The van der Waals surface area contributed by atoms with Crippen LogP contribution in [0, 0.1) is 0 Å². The minimum absolute atomic E-state index is 0.0705. The van der Waals surface area contributed by atoms with Crippen molar-refractivity contribution >= 4 is 12.1 Å². The van der Waals surface area contributed by atoms with Crippen molar-refractivity contribution in [3.05, 3.63) is 0 Å². The second kappa shape index (κ2) is 2.55. The smallest absolute Gasteiger partial charge is 0.404 e. The van der Waals surface area contributed by atoms with Crippen LogP contribution < -0.4 is 5.73 Å². The van der Waals surface area contributed by atoms with Crippen molar-refractivity contribution in [3.63, 3.8) is 0 Å². The van der Waals surface area contributed by atoms with E-state index in [0.717, 1.165) is 0 Å². The Labute approximate surface area is 57.1 Å². The summed E-state index contributed by atoms with van der Waals surface area (Å²) in [6, 6.07) is 0. The summed E-state index contributed by atoms with van der Waals surface area (Å²) in [5.74, 6) is -0.266. The molecule has 1 saturated heterocycles. The Morgan fingerprint density at radius 2 is 2.50 bits per heavy atom. The second-order valence-electron chi connectivity index (χ2n) is 1.95.